The van der Waals surface area contributed by atoms with Crippen LogP contribution in [-0.4, -0.2) is 43.0 Å². The predicted molar refractivity (Wildman–Crippen MR) is 54.7 cm³/mol. The molecular formula is C10H19N3O. The summed E-state index contributed by atoms with van der Waals surface area (Å²) in [5, 5.41) is 3.01. The van der Waals surface area contributed by atoms with Crippen molar-refractivity contribution >= 4 is 5.91 Å². The molecule has 2 fully saturated rings. The Balaban J connectivity index is 1.74. The second-order valence-corrected chi connectivity index (χ2v) is 4.59. The second kappa shape index (κ2) is 3.87. The maximum Gasteiger partial charge on any atom is 0.223 e. The summed E-state index contributed by atoms with van der Waals surface area (Å²) in [5.41, 5.74) is 5.64. The molecule has 1 saturated carbocycles. The summed E-state index contributed by atoms with van der Waals surface area (Å²) in [7, 11) is 2.10. The Hall–Kier alpha value is -0.610. The number of likely N-dealkylation sites (tertiary alicyclic amines) is 1. The van der Waals surface area contributed by atoms with Crippen molar-refractivity contribution in [2.24, 2.45) is 11.7 Å². The summed E-state index contributed by atoms with van der Waals surface area (Å²) in [6.45, 7) is 2.07. The van der Waals surface area contributed by atoms with E-state index in [1.54, 1.807) is 0 Å². The molecule has 2 atom stereocenters. The molecule has 3 N–H and O–H groups in total. The van der Waals surface area contributed by atoms with Crippen LogP contribution in [0.5, 0.6) is 0 Å². The Kier molecular flexibility index (Phi) is 2.74. The number of nitrogens with zero attached hydrogens (tertiary/aromatic N) is 1. The summed E-state index contributed by atoms with van der Waals surface area (Å²) < 4.78 is 0. The van der Waals surface area contributed by atoms with E-state index in [0.717, 1.165) is 32.4 Å². The summed E-state index contributed by atoms with van der Waals surface area (Å²) in [4.78, 5) is 14.0. The van der Waals surface area contributed by atoms with Crippen molar-refractivity contribution in [2.75, 3.05) is 20.1 Å². The summed E-state index contributed by atoms with van der Waals surface area (Å²) in [6, 6.07) is 0.479. The minimum Gasteiger partial charge on any atom is -0.352 e. The molecule has 4 nitrogen and oxygen atoms in total. The van der Waals surface area contributed by atoms with E-state index in [1.807, 2.05) is 0 Å². The van der Waals surface area contributed by atoms with Gasteiger partial charge in [-0.15, -0.1) is 0 Å². The van der Waals surface area contributed by atoms with E-state index in [9.17, 15) is 4.79 Å². The zero-order chi connectivity index (χ0) is 10.1. The molecule has 0 aromatic heterocycles. The molecule has 14 heavy (non-hydrogen) atoms. The molecule has 1 saturated heterocycles. The second-order valence-electron chi connectivity index (χ2n) is 4.59. The standard InChI is InChI=1S/C10H19N3O/c1-13-4-2-7(3-5-13)10(14)12-9-6-8(9)11/h7-9H,2-6,11H2,1H3,(H,12,14). The van der Waals surface area contributed by atoms with E-state index in [0.29, 0.717) is 0 Å². The third kappa shape index (κ3) is 2.25. The number of piperidine rings is 1. The molecule has 0 bridgehead atoms. The van der Waals surface area contributed by atoms with Crippen LogP contribution in [0.4, 0.5) is 0 Å². The molecule has 2 rings (SSSR count). The minimum absolute atomic E-state index is 0.213. The third-order valence-corrected chi connectivity index (χ3v) is 3.26. The van der Waals surface area contributed by atoms with E-state index >= 15 is 0 Å². The van der Waals surface area contributed by atoms with Gasteiger partial charge in [0.15, 0.2) is 0 Å². The number of hydrogen-bond donors (Lipinski definition) is 2. The number of carbonyl (C=O) groups excluding carboxylic acids is 1. The lowest BCUT2D eigenvalue weighted by Crippen LogP contribution is -2.40. The van der Waals surface area contributed by atoms with Crippen molar-refractivity contribution in [1.29, 1.82) is 0 Å². The van der Waals surface area contributed by atoms with Crippen molar-refractivity contribution < 1.29 is 4.79 Å². The summed E-state index contributed by atoms with van der Waals surface area (Å²) >= 11 is 0. The van der Waals surface area contributed by atoms with Crippen LogP contribution in [0, 0.1) is 5.92 Å². The fourth-order valence-electron chi connectivity index (χ4n) is 1.95. The van der Waals surface area contributed by atoms with Crippen LogP contribution in [0.2, 0.25) is 0 Å². The minimum atomic E-state index is 0.213. The van der Waals surface area contributed by atoms with Crippen LogP contribution in [-0.2, 0) is 4.79 Å². The monoisotopic (exact) mass is 197 g/mol. The Morgan fingerprint density at radius 3 is 2.50 bits per heavy atom. The van der Waals surface area contributed by atoms with Gasteiger partial charge in [0.25, 0.3) is 0 Å². The first-order valence-electron chi connectivity index (χ1n) is 5.41. The molecule has 1 heterocycles. The van der Waals surface area contributed by atoms with E-state index in [2.05, 4.69) is 17.3 Å². The van der Waals surface area contributed by atoms with E-state index in [1.165, 1.54) is 0 Å². The molecule has 0 aromatic rings. The topological polar surface area (TPSA) is 58.4 Å². The maximum atomic E-state index is 11.7. The van der Waals surface area contributed by atoms with Gasteiger partial charge in [0, 0.05) is 18.0 Å². The largest absolute Gasteiger partial charge is 0.352 e. The lowest BCUT2D eigenvalue weighted by atomic mass is 9.96. The zero-order valence-electron chi connectivity index (χ0n) is 8.70. The molecule has 2 unspecified atom stereocenters. The summed E-state index contributed by atoms with van der Waals surface area (Å²) in [6.07, 6.45) is 2.94. The number of hydrogen-bond acceptors (Lipinski definition) is 3. The van der Waals surface area contributed by atoms with Gasteiger partial charge in [-0.1, -0.05) is 0 Å². The lowest BCUT2D eigenvalue weighted by molar-refractivity contribution is -0.126. The fraction of sp³-hybridized carbons (Fsp3) is 0.900. The fourth-order valence-corrected chi connectivity index (χ4v) is 1.95. The van der Waals surface area contributed by atoms with Crippen LogP contribution < -0.4 is 11.1 Å². The lowest BCUT2D eigenvalue weighted by Gasteiger charge is -2.28. The third-order valence-electron chi connectivity index (χ3n) is 3.26. The average molecular weight is 197 g/mol. The Labute approximate surface area is 84.8 Å². The Bertz CT molecular complexity index is 223. The van der Waals surface area contributed by atoms with E-state index in [-0.39, 0.29) is 23.9 Å². The molecule has 0 aromatic carbocycles. The highest BCUT2D eigenvalue weighted by molar-refractivity contribution is 5.79. The molecule has 2 aliphatic rings. The van der Waals surface area contributed by atoms with Gasteiger partial charge in [-0.3, -0.25) is 4.79 Å². The molecule has 0 spiro atoms. The molecule has 1 aliphatic heterocycles. The molecule has 4 heteroatoms. The maximum absolute atomic E-state index is 11.7. The first-order chi connectivity index (χ1) is 6.66. The van der Waals surface area contributed by atoms with Gasteiger partial charge in [0.2, 0.25) is 5.91 Å². The van der Waals surface area contributed by atoms with Crippen LogP contribution in [0.15, 0.2) is 0 Å². The molecule has 1 amide bonds. The quantitative estimate of drug-likeness (QED) is 0.630. The van der Waals surface area contributed by atoms with Gasteiger partial charge < -0.3 is 16.0 Å². The van der Waals surface area contributed by atoms with Gasteiger partial charge in [-0.2, -0.15) is 0 Å². The number of carbonyl (C=O) groups is 1. The Morgan fingerprint density at radius 1 is 1.43 bits per heavy atom. The number of nitrogens with two attached hydrogens (primary N) is 1. The normalized spacial score (nSPS) is 34.1. The van der Waals surface area contributed by atoms with Crippen LogP contribution >= 0.6 is 0 Å². The van der Waals surface area contributed by atoms with Crippen LogP contribution in [0.3, 0.4) is 0 Å². The smallest absolute Gasteiger partial charge is 0.223 e. The molecule has 1 aliphatic carbocycles. The highest BCUT2D eigenvalue weighted by Crippen LogP contribution is 2.21. The Morgan fingerprint density at radius 2 is 2.00 bits per heavy atom. The SMILES string of the molecule is CN1CCC(C(=O)NC2CC2N)CC1. The number of amides is 1. The van der Waals surface area contributed by atoms with Gasteiger partial charge >= 0.3 is 0 Å². The molecular weight excluding hydrogens is 178 g/mol. The van der Waals surface area contributed by atoms with Gasteiger partial charge in [0.1, 0.15) is 0 Å². The average Bonchev–Trinajstić information content (AvgIpc) is 2.82. The van der Waals surface area contributed by atoms with E-state index in [4.69, 9.17) is 5.73 Å². The van der Waals surface area contributed by atoms with Crippen molar-refractivity contribution in [3.63, 3.8) is 0 Å². The van der Waals surface area contributed by atoms with Crippen molar-refractivity contribution in [3.05, 3.63) is 0 Å². The van der Waals surface area contributed by atoms with Crippen molar-refractivity contribution in [2.45, 2.75) is 31.3 Å². The first-order valence-corrected chi connectivity index (χ1v) is 5.41. The van der Waals surface area contributed by atoms with E-state index < -0.39 is 0 Å². The van der Waals surface area contributed by atoms with Crippen LogP contribution in [0.1, 0.15) is 19.3 Å². The van der Waals surface area contributed by atoms with Crippen molar-refractivity contribution in [1.82, 2.24) is 10.2 Å². The van der Waals surface area contributed by atoms with Gasteiger partial charge in [0.05, 0.1) is 0 Å². The van der Waals surface area contributed by atoms with Gasteiger partial charge in [-0.05, 0) is 39.4 Å². The van der Waals surface area contributed by atoms with Crippen molar-refractivity contribution in [3.8, 4) is 0 Å². The highest BCUT2D eigenvalue weighted by atomic mass is 16.2. The number of rotatable bonds is 2. The first kappa shape index (κ1) is 9.93. The summed E-state index contributed by atoms with van der Waals surface area (Å²) in [5.74, 6) is 0.440. The number of nitrogens with one attached hydrogen (secondary N) is 1. The zero-order valence-corrected chi connectivity index (χ0v) is 8.70. The predicted octanol–water partition coefficient (Wildman–Crippen LogP) is -0.456. The highest BCUT2D eigenvalue weighted by Gasteiger charge is 2.36. The molecule has 80 valence electrons. The molecule has 0 radical (unpaired) electrons. The van der Waals surface area contributed by atoms with Crippen LogP contribution in [0.25, 0.3) is 0 Å². The van der Waals surface area contributed by atoms with Gasteiger partial charge in [-0.25, -0.2) is 0 Å².